The van der Waals surface area contributed by atoms with Crippen LogP contribution in [0.15, 0.2) is 12.1 Å². The molecule has 2 rings (SSSR count). The fourth-order valence-electron chi connectivity index (χ4n) is 1.77. The molecule has 98 valence electrons. The molecular weight excluding hydrogens is 274 g/mol. The molecule has 1 aromatic heterocycles. The third-order valence-corrected chi connectivity index (χ3v) is 5.22. The highest BCUT2D eigenvalue weighted by molar-refractivity contribution is 7.85. The molecule has 1 aliphatic rings. The van der Waals surface area contributed by atoms with E-state index >= 15 is 0 Å². The van der Waals surface area contributed by atoms with E-state index in [1.807, 2.05) is 0 Å². The van der Waals surface area contributed by atoms with Gasteiger partial charge in [-0.1, -0.05) is 0 Å². The maximum atomic E-state index is 11.9. The summed E-state index contributed by atoms with van der Waals surface area (Å²) in [6.45, 7) is 0. The first-order valence-electron chi connectivity index (χ1n) is 5.55. The zero-order valence-corrected chi connectivity index (χ0v) is 11.2. The molecule has 18 heavy (non-hydrogen) atoms. The average Bonchev–Trinajstić information content (AvgIpc) is 2.81. The summed E-state index contributed by atoms with van der Waals surface area (Å²) in [5.41, 5.74) is 0. The molecule has 0 bridgehead atoms. The van der Waals surface area contributed by atoms with E-state index in [0.29, 0.717) is 16.4 Å². The first-order chi connectivity index (χ1) is 8.56. The number of nitrogens with one attached hydrogen (secondary N) is 1. The summed E-state index contributed by atoms with van der Waals surface area (Å²) in [5.74, 6) is -0.0248. The first-order valence-corrected chi connectivity index (χ1v) is 7.85. The van der Waals surface area contributed by atoms with Gasteiger partial charge < -0.3 is 10.4 Å². The molecule has 7 heteroatoms. The summed E-state index contributed by atoms with van der Waals surface area (Å²) in [6.07, 6.45) is 1.44. The van der Waals surface area contributed by atoms with Gasteiger partial charge in [0.25, 0.3) is 5.91 Å². The highest BCUT2D eigenvalue weighted by Crippen LogP contribution is 2.17. The van der Waals surface area contributed by atoms with Gasteiger partial charge >= 0.3 is 5.97 Å². The molecule has 0 unspecified atom stereocenters. The van der Waals surface area contributed by atoms with Gasteiger partial charge in [-0.3, -0.25) is 9.00 Å². The Kier molecular flexibility index (Phi) is 4.13. The second-order valence-corrected chi connectivity index (χ2v) is 6.84. The molecule has 0 spiro atoms. The van der Waals surface area contributed by atoms with Gasteiger partial charge in [-0.25, -0.2) is 4.79 Å². The van der Waals surface area contributed by atoms with E-state index in [1.165, 1.54) is 12.1 Å². The lowest BCUT2D eigenvalue weighted by Crippen LogP contribution is -2.39. The van der Waals surface area contributed by atoms with Crippen molar-refractivity contribution >= 4 is 34.0 Å². The Morgan fingerprint density at radius 1 is 1.28 bits per heavy atom. The van der Waals surface area contributed by atoms with E-state index in [0.717, 1.165) is 24.2 Å². The van der Waals surface area contributed by atoms with Gasteiger partial charge in [-0.05, 0) is 25.0 Å². The van der Waals surface area contributed by atoms with Gasteiger partial charge in [-0.2, -0.15) is 0 Å². The third kappa shape index (κ3) is 3.17. The van der Waals surface area contributed by atoms with Crippen molar-refractivity contribution in [3.8, 4) is 0 Å². The molecule has 5 nitrogen and oxygen atoms in total. The molecular formula is C11H13NO4S2. The number of carbonyl (C=O) groups is 2. The Hall–Kier alpha value is -1.21. The molecule has 0 aromatic carbocycles. The molecule has 0 aliphatic carbocycles. The number of aromatic carboxylic acids is 1. The minimum absolute atomic E-state index is 0.0468. The Morgan fingerprint density at radius 3 is 2.44 bits per heavy atom. The monoisotopic (exact) mass is 287 g/mol. The number of carbonyl (C=O) groups excluding carboxylic acids is 1. The van der Waals surface area contributed by atoms with Crippen molar-refractivity contribution in [1.29, 1.82) is 0 Å². The number of rotatable bonds is 3. The molecule has 0 saturated carbocycles. The predicted octanol–water partition coefficient (Wildman–Crippen LogP) is 1.09. The van der Waals surface area contributed by atoms with E-state index in [4.69, 9.17) is 5.11 Å². The van der Waals surface area contributed by atoms with E-state index in [9.17, 15) is 13.8 Å². The van der Waals surface area contributed by atoms with Crippen LogP contribution < -0.4 is 5.32 Å². The van der Waals surface area contributed by atoms with Crippen molar-refractivity contribution in [1.82, 2.24) is 5.32 Å². The van der Waals surface area contributed by atoms with Gasteiger partial charge in [-0.15, -0.1) is 11.3 Å². The van der Waals surface area contributed by atoms with E-state index in [1.54, 1.807) is 0 Å². The smallest absolute Gasteiger partial charge is 0.345 e. The van der Waals surface area contributed by atoms with Crippen LogP contribution in [0.3, 0.4) is 0 Å². The Balaban J connectivity index is 1.94. The zero-order valence-electron chi connectivity index (χ0n) is 9.55. The Bertz CT molecular complexity index is 487. The van der Waals surface area contributed by atoms with E-state index in [-0.39, 0.29) is 16.8 Å². The van der Waals surface area contributed by atoms with Gasteiger partial charge in [0.15, 0.2) is 0 Å². The lowest BCUT2D eigenvalue weighted by atomic mass is 10.1. The lowest BCUT2D eigenvalue weighted by molar-refractivity contribution is 0.0702. The van der Waals surface area contributed by atoms with Crippen LogP contribution in [0.5, 0.6) is 0 Å². The van der Waals surface area contributed by atoms with Crippen LogP contribution in [0.4, 0.5) is 0 Å². The van der Waals surface area contributed by atoms with Crippen LogP contribution in [-0.4, -0.2) is 38.7 Å². The molecule has 1 fully saturated rings. The number of carboxylic acid groups (broad SMARTS) is 1. The second kappa shape index (κ2) is 5.62. The fourth-order valence-corrected chi connectivity index (χ4v) is 3.82. The van der Waals surface area contributed by atoms with Crippen LogP contribution >= 0.6 is 11.3 Å². The number of carboxylic acids is 1. The molecule has 0 atom stereocenters. The quantitative estimate of drug-likeness (QED) is 0.871. The van der Waals surface area contributed by atoms with Crippen molar-refractivity contribution in [2.24, 2.45) is 0 Å². The van der Waals surface area contributed by atoms with E-state index in [2.05, 4.69) is 5.32 Å². The van der Waals surface area contributed by atoms with Crippen LogP contribution in [-0.2, 0) is 10.8 Å². The summed E-state index contributed by atoms with van der Waals surface area (Å²) in [4.78, 5) is 23.1. The van der Waals surface area contributed by atoms with Crippen LogP contribution in [0, 0.1) is 0 Å². The maximum absolute atomic E-state index is 11.9. The van der Waals surface area contributed by atoms with Crippen LogP contribution in [0.25, 0.3) is 0 Å². The van der Waals surface area contributed by atoms with E-state index < -0.39 is 16.8 Å². The summed E-state index contributed by atoms with van der Waals surface area (Å²) in [6, 6.07) is 2.99. The number of hydrogen-bond acceptors (Lipinski definition) is 4. The van der Waals surface area contributed by atoms with Crippen molar-refractivity contribution in [3.05, 3.63) is 21.9 Å². The highest BCUT2D eigenvalue weighted by Gasteiger charge is 2.21. The predicted molar refractivity (Wildman–Crippen MR) is 69.6 cm³/mol. The van der Waals surface area contributed by atoms with Gasteiger partial charge in [0.1, 0.15) is 4.88 Å². The SMILES string of the molecule is O=C(O)c1ccc(C(=O)NC2CCS(=O)CC2)s1. The highest BCUT2D eigenvalue weighted by atomic mass is 32.2. The molecule has 1 saturated heterocycles. The molecule has 0 radical (unpaired) electrons. The second-order valence-electron chi connectivity index (χ2n) is 4.06. The number of amides is 1. The molecule has 2 N–H and O–H groups in total. The summed E-state index contributed by atoms with van der Waals surface area (Å²) in [5, 5.41) is 11.6. The largest absolute Gasteiger partial charge is 0.477 e. The lowest BCUT2D eigenvalue weighted by Gasteiger charge is -2.22. The van der Waals surface area contributed by atoms with Crippen molar-refractivity contribution in [3.63, 3.8) is 0 Å². The van der Waals surface area contributed by atoms with Crippen molar-refractivity contribution in [2.45, 2.75) is 18.9 Å². The first kappa shape index (κ1) is 13.2. The Labute approximate surface area is 111 Å². The number of hydrogen-bond donors (Lipinski definition) is 2. The van der Waals surface area contributed by atoms with Gasteiger partial charge in [0.05, 0.1) is 4.88 Å². The molecule has 1 amide bonds. The fraction of sp³-hybridized carbons (Fsp3) is 0.455. The Morgan fingerprint density at radius 2 is 1.89 bits per heavy atom. The standard InChI is InChI=1S/C11H13NO4S2/c13-10(8-1-2-9(17-8)11(14)15)12-7-3-5-18(16)6-4-7/h1-2,7H,3-6H2,(H,12,13)(H,14,15). The molecule has 1 aromatic rings. The topological polar surface area (TPSA) is 83.5 Å². The minimum Gasteiger partial charge on any atom is -0.477 e. The summed E-state index contributed by atoms with van der Waals surface area (Å²) < 4.78 is 11.2. The summed E-state index contributed by atoms with van der Waals surface area (Å²) in [7, 11) is -0.749. The van der Waals surface area contributed by atoms with Gasteiger partial charge in [0, 0.05) is 28.3 Å². The van der Waals surface area contributed by atoms with Gasteiger partial charge in [0.2, 0.25) is 0 Å². The molecule has 2 heterocycles. The molecule has 1 aliphatic heterocycles. The zero-order chi connectivity index (χ0) is 13.1. The van der Waals surface area contributed by atoms with Crippen molar-refractivity contribution < 1.29 is 18.9 Å². The van der Waals surface area contributed by atoms with Crippen molar-refractivity contribution in [2.75, 3.05) is 11.5 Å². The average molecular weight is 287 g/mol. The maximum Gasteiger partial charge on any atom is 0.345 e. The number of thiophene rings is 1. The third-order valence-electron chi connectivity index (χ3n) is 2.76. The van der Waals surface area contributed by atoms with Crippen LogP contribution in [0.2, 0.25) is 0 Å². The minimum atomic E-state index is -1.02. The normalized spacial score (nSPS) is 23.6. The summed E-state index contributed by atoms with van der Waals surface area (Å²) >= 11 is 0.967. The van der Waals surface area contributed by atoms with Crippen LogP contribution in [0.1, 0.15) is 32.2 Å².